The van der Waals surface area contributed by atoms with Gasteiger partial charge in [-0.25, -0.2) is 14.1 Å². The number of piperidine rings is 1. The van der Waals surface area contributed by atoms with Crippen molar-refractivity contribution in [2.24, 2.45) is 0 Å². The monoisotopic (exact) mass is 364 g/mol. The van der Waals surface area contributed by atoms with Crippen LogP contribution in [0.15, 0.2) is 49.1 Å². The fourth-order valence-corrected chi connectivity index (χ4v) is 3.52. The van der Waals surface area contributed by atoms with Gasteiger partial charge in [0.05, 0.1) is 11.6 Å². The molecule has 1 aliphatic heterocycles. The number of fused-ring (bicyclic) bond motifs is 1. The molecule has 136 valence electrons. The molecule has 0 N–H and O–H groups in total. The van der Waals surface area contributed by atoms with E-state index in [0.717, 1.165) is 31.7 Å². The summed E-state index contributed by atoms with van der Waals surface area (Å²) in [6, 6.07) is 10.7. The van der Waals surface area contributed by atoms with E-state index in [2.05, 4.69) is 30.3 Å². The maximum Gasteiger partial charge on any atom is 0.188 e. The maximum atomic E-state index is 14.2. The number of hydrogen-bond acceptors (Lipinski definition) is 6. The molecule has 0 spiro atoms. The third-order valence-corrected chi connectivity index (χ3v) is 4.96. The predicted molar refractivity (Wildman–Crippen MR) is 96.7 cm³/mol. The molecule has 1 fully saturated rings. The second-order valence-corrected chi connectivity index (χ2v) is 6.56. The van der Waals surface area contributed by atoms with E-state index in [9.17, 15) is 4.39 Å². The Hall–Kier alpha value is -3.36. The van der Waals surface area contributed by atoms with E-state index in [0.29, 0.717) is 23.1 Å². The number of nitrogens with zero attached hydrogens (tertiary/aromatic N) is 8. The standard InChI is InChI=1S/C18H17FN8/c19-15-4-2-1-3-14(15)18-23-22-16-5-6-17(24-27(16)18)25-9-7-13(8-10-25)26-12-20-11-21-26/h1-6,11-13H,7-10H2. The van der Waals surface area contributed by atoms with Crippen molar-refractivity contribution in [1.82, 2.24) is 34.6 Å². The van der Waals surface area contributed by atoms with Gasteiger partial charge >= 0.3 is 0 Å². The predicted octanol–water partition coefficient (Wildman–Crippen LogP) is 2.36. The van der Waals surface area contributed by atoms with E-state index in [1.807, 2.05) is 16.8 Å². The fraction of sp³-hybridized carbons (Fsp3) is 0.278. The molecule has 27 heavy (non-hydrogen) atoms. The minimum Gasteiger partial charge on any atom is -0.355 e. The normalized spacial score (nSPS) is 15.5. The highest BCUT2D eigenvalue weighted by Crippen LogP contribution is 2.26. The number of halogens is 1. The van der Waals surface area contributed by atoms with Gasteiger partial charge in [-0.1, -0.05) is 12.1 Å². The van der Waals surface area contributed by atoms with Crippen molar-refractivity contribution in [3.8, 4) is 11.4 Å². The first-order chi connectivity index (χ1) is 13.3. The Balaban J connectivity index is 1.43. The van der Waals surface area contributed by atoms with E-state index in [-0.39, 0.29) is 5.82 Å². The van der Waals surface area contributed by atoms with Gasteiger partial charge in [0.2, 0.25) is 0 Å². The van der Waals surface area contributed by atoms with Crippen molar-refractivity contribution in [1.29, 1.82) is 0 Å². The van der Waals surface area contributed by atoms with Crippen LogP contribution in [0.4, 0.5) is 10.2 Å². The van der Waals surface area contributed by atoms with E-state index < -0.39 is 0 Å². The summed E-state index contributed by atoms with van der Waals surface area (Å²) in [4.78, 5) is 6.25. The highest BCUT2D eigenvalue weighted by molar-refractivity contribution is 5.60. The van der Waals surface area contributed by atoms with Gasteiger partial charge in [-0.2, -0.15) is 9.61 Å². The molecule has 4 heterocycles. The third-order valence-electron chi connectivity index (χ3n) is 4.96. The molecule has 9 heteroatoms. The summed E-state index contributed by atoms with van der Waals surface area (Å²) in [7, 11) is 0. The Morgan fingerprint density at radius 1 is 1.00 bits per heavy atom. The van der Waals surface area contributed by atoms with Crippen LogP contribution < -0.4 is 4.90 Å². The first kappa shape index (κ1) is 15.9. The number of anilines is 1. The summed E-state index contributed by atoms with van der Waals surface area (Å²) >= 11 is 0. The van der Waals surface area contributed by atoms with Crippen molar-refractivity contribution in [3.63, 3.8) is 0 Å². The van der Waals surface area contributed by atoms with Crippen LogP contribution >= 0.6 is 0 Å². The summed E-state index contributed by atoms with van der Waals surface area (Å²) < 4.78 is 17.7. The molecular formula is C18H17FN8. The minimum atomic E-state index is -0.340. The summed E-state index contributed by atoms with van der Waals surface area (Å²) in [6.07, 6.45) is 5.26. The average Bonchev–Trinajstić information content (AvgIpc) is 3.38. The second-order valence-electron chi connectivity index (χ2n) is 6.56. The van der Waals surface area contributed by atoms with Gasteiger partial charge in [-0.3, -0.25) is 0 Å². The largest absolute Gasteiger partial charge is 0.355 e. The number of aromatic nitrogens is 7. The van der Waals surface area contributed by atoms with Crippen LogP contribution in [-0.4, -0.2) is 47.7 Å². The van der Waals surface area contributed by atoms with Crippen LogP contribution in [0, 0.1) is 5.82 Å². The summed E-state index contributed by atoms with van der Waals surface area (Å²) in [5.41, 5.74) is 0.981. The molecule has 0 aliphatic carbocycles. The van der Waals surface area contributed by atoms with Gasteiger partial charge in [-0.05, 0) is 37.1 Å². The Kier molecular flexibility index (Phi) is 3.77. The van der Waals surface area contributed by atoms with Crippen LogP contribution in [0.3, 0.4) is 0 Å². The van der Waals surface area contributed by atoms with E-state index in [1.165, 1.54) is 6.07 Å². The Labute approximate surface area is 154 Å². The molecule has 1 aliphatic rings. The number of rotatable bonds is 3. The molecule has 0 atom stereocenters. The molecule has 0 radical (unpaired) electrons. The fourth-order valence-electron chi connectivity index (χ4n) is 3.52. The molecule has 0 unspecified atom stereocenters. The van der Waals surface area contributed by atoms with Crippen LogP contribution in [0.1, 0.15) is 18.9 Å². The number of benzene rings is 1. The molecule has 3 aromatic heterocycles. The Morgan fingerprint density at radius 3 is 2.63 bits per heavy atom. The third kappa shape index (κ3) is 2.80. The first-order valence-corrected chi connectivity index (χ1v) is 8.86. The molecule has 0 bridgehead atoms. The van der Waals surface area contributed by atoms with Crippen molar-refractivity contribution < 1.29 is 4.39 Å². The molecule has 8 nitrogen and oxygen atoms in total. The summed E-state index contributed by atoms with van der Waals surface area (Å²) in [5.74, 6) is 0.895. The van der Waals surface area contributed by atoms with Gasteiger partial charge in [0.1, 0.15) is 24.3 Å². The van der Waals surface area contributed by atoms with Crippen LogP contribution in [0.25, 0.3) is 17.0 Å². The lowest BCUT2D eigenvalue weighted by atomic mass is 10.1. The van der Waals surface area contributed by atoms with E-state index >= 15 is 0 Å². The highest BCUT2D eigenvalue weighted by Gasteiger charge is 2.23. The zero-order valence-corrected chi connectivity index (χ0v) is 14.5. The van der Waals surface area contributed by atoms with E-state index in [4.69, 9.17) is 0 Å². The molecule has 1 aromatic carbocycles. The van der Waals surface area contributed by atoms with Crippen LogP contribution in [-0.2, 0) is 0 Å². The van der Waals surface area contributed by atoms with Gasteiger partial charge in [0.15, 0.2) is 11.5 Å². The SMILES string of the molecule is Fc1ccccc1-c1nnc2ccc(N3CCC(n4cncn4)CC3)nn12. The topological polar surface area (TPSA) is 77.0 Å². The molecule has 0 amide bonds. The molecule has 5 rings (SSSR count). The zero-order valence-electron chi connectivity index (χ0n) is 14.5. The molecule has 4 aromatic rings. The minimum absolute atomic E-state index is 0.340. The quantitative estimate of drug-likeness (QED) is 0.555. The molecule has 0 saturated carbocycles. The molecule has 1 saturated heterocycles. The first-order valence-electron chi connectivity index (χ1n) is 8.86. The van der Waals surface area contributed by atoms with Crippen molar-refractivity contribution in [2.75, 3.05) is 18.0 Å². The lowest BCUT2D eigenvalue weighted by Crippen LogP contribution is -2.35. The van der Waals surface area contributed by atoms with Crippen molar-refractivity contribution >= 4 is 11.5 Å². The second kappa shape index (κ2) is 6.42. The van der Waals surface area contributed by atoms with Crippen molar-refractivity contribution in [3.05, 3.63) is 54.9 Å². The average molecular weight is 364 g/mol. The Bertz CT molecular complexity index is 1070. The van der Waals surface area contributed by atoms with Gasteiger partial charge in [0, 0.05) is 13.1 Å². The van der Waals surface area contributed by atoms with E-state index in [1.54, 1.807) is 35.4 Å². The highest BCUT2D eigenvalue weighted by atomic mass is 19.1. The molecular weight excluding hydrogens is 347 g/mol. The summed E-state index contributed by atoms with van der Waals surface area (Å²) in [5, 5.41) is 17.2. The smallest absolute Gasteiger partial charge is 0.188 e. The van der Waals surface area contributed by atoms with Crippen molar-refractivity contribution in [2.45, 2.75) is 18.9 Å². The lowest BCUT2D eigenvalue weighted by Gasteiger charge is -2.32. The maximum absolute atomic E-state index is 14.2. The number of hydrogen-bond donors (Lipinski definition) is 0. The van der Waals surface area contributed by atoms with Gasteiger partial charge in [0.25, 0.3) is 0 Å². The van der Waals surface area contributed by atoms with Gasteiger partial charge < -0.3 is 4.90 Å². The van der Waals surface area contributed by atoms with Crippen LogP contribution in [0.5, 0.6) is 0 Å². The van der Waals surface area contributed by atoms with Crippen LogP contribution in [0.2, 0.25) is 0 Å². The summed E-state index contributed by atoms with van der Waals surface area (Å²) in [6.45, 7) is 1.72. The lowest BCUT2D eigenvalue weighted by molar-refractivity contribution is 0.364. The zero-order chi connectivity index (χ0) is 18.2. The van der Waals surface area contributed by atoms with Gasteiger partial charge in [-0.15, -0.1) is 15.3 Å². The Morgan fingerprint density at radius 2 is 1.85 bits per heavy atom.